The molecule has 1 amide bonds. The standard InChI is InChI=1S/C29H27BrN4O5/c1-34-20(12-13-33-34)14-32-27(36)23-24(17-6-4-3-5-7-17)29(18-8-10-19(30)11-9-18)28(37,26(23)35)25-21(38-2)15-31-16-22(25)39-29/h3-13,15-16,23-24,26,35,37H,14H2,1-2H3,(H,32,36). The van der Waals surface area contributed by atoms with E-state index in [4.69, 9.17) is 9.47 Å². The van der Waals surface area contributed by atoms with E-state index < -0.39 is 35.0 Å². The molecule has 2 aliphatic rings. The van der Waals surface area contributed by atoms with E-state index in [-0.39, 0.29) is 23.6 Å². The Hall–Kier alpha value is -3.73. The van der Waals surface area contributed by atoms with Crippen molar-refractivity contribution in [2.75, 3.05) is 7.11 Å². The molecule has 1 aliphatic heterocycles. The fraction of sp³-hybridized carbons (Fsp3) is 0.276. The van der Waals surface area contributed by atoms with Crippen molar-refractivity contribution in [1.82, 2.24) is 20.1 Å². The molecule has 1 aliphatic carbocycles. The first kappa shape index (κ1) is 25.5. The Balaban J connectivity index is 1.58. The number of fused-ring (bicyclic) bond motifs is 3. The van der Waals surface area contributed by atoms with E-state index in [0.29, 0.717) is 5.56 Å². The predicted molar refractivity (Wildman–Crippen MR) is 145 cm³/mol. The third-order valence-corrected chi connectivity index (χ3v) is 8.51. The van der Waals surface area contributed by atoms with Crippen molar-refractivity contribution in [1.29, 1.82) is 0 Å². The number of pyridine rings is 1. The number of amides is 1. The zero-order chi connectivity index (χ0) is 27.4. The van der Waals surface area contributed by atoms with Gasteiger partial charge in [-0.3, -0.25) is 14.5 Å². The van der Waals surface area contributed by atoms with E-state index in [0.717, 1.165) is 15.7 Å². The van der Waals surface area contributed by atoms with Crippen molar-refractivity contribution in [2.45, 2.75) is 29.8 Å². The summed E-state index contributed by atoms with van der Waals surface area (Å²) in [4.78, 5) is 18.2. The molecule has 1 fully saturated rings. The van der Waals surface area contributed by atoms with Crippen LogP contribution < -0.4 is 14.8 Å². The highest BCUT2D eigenvalue weighted by Crippen LogP contribution is 2.69. The van der Waals surface area contributed by atoms with Gasteiger partial charge in [0.15, 0.2) is 11.2 Å². The fourth-order valence-corrected chi connectivity index (χ4v) is 6.52. The summed E-state index contributed by atoms with van der Waals surface area (Å²) in [6.07, 6.45) is 3.06. The van der Waals surface area contributed by atoms with Gasteiger partial charge in [-0.2, -0.15) is 5.10 Å². The average molecular weight is 591 g/mol. The van der Waals surface area contributed by atoms with Crippen molar-refractivity contribution >= 4 is 21.8 Å². The lowest BCUT2D eigenvalue weighted by Crippen LogP contribution is -2.52. The van der Waals surface area contributed by atoms with Crippen LogP contribution in [0.1, 0.15) is 28.3 Å². The topological polar surface area (TPSA) is 119 Å². The maximum absolute atomic E-state index is 14.0. The number of aryl methyl sites for hydroxylation is 1. The van der Waals surface area contributed by atoms with Crippen LogP contribution >= 0.6 is 15.9 Å². The second-order valence-corrected chi connectivity index (χ2v) is 10.8. The first-order chi connectivity index (χ1) is 18.8. The Morgan fingerprint density at radius 1 is 1.15 bits per heavy atom. The molecule has 4 aromatic rings. The third-order valence-electron chi connectivity index (χ3n) is 7.98. The molecule has 1 saturated carbocycles. The molecule has 5 unspecified atom stereocenters. The summed E-state index contributed by atoms with van der Waals surface area (Å²) in [5, 5.41) is 32.0. The van der Waals surface area contributed by atoms with E-state index in [9.17, 15) is 15.0 Å². The SMILES string of the molecule is COc1cncc2c1C1(O)C(O)C(C(=O)NCc3ccnn3C)C(c3ccccc3)C1(c1ccc(Br)cc1)O2. The van der Waals surface area contributed by atoms with Gasteiger partial charge in [-0.15, -0.1) is 0 Å². The molecule has 0 spiro atoms. The highest BCUT2D eigenvalue weighted by Gasteiger charge is 2.78. The van der Waals surface area contributed by atoms with Crippen LogP contribution in [0.3, 0.4) is 0 Å². The third kappa shape index (κ3) is 3.62. The van der Waals surface area contributed by atoms with Crippen molar-refractivity contribution in [3.8, 4) is 11.5 Å². The largest absolute Gasteiger partial charge is 0.495 e. The molecular weight excluding hydrogens is 564 g/mol. The molecule has 6 rings (SSSR count). The maximum Gasteiger partial charge on any atom is 0.226 e. The Morgan fingerprint density at radius 3 is 2.56 bits per heavy atom. The van der Waals surface area contributed by atoms with E-state index in [1.807, 2.05) is 60.7 Å². The van der Waals surface area contributed by atoms with Gasteiger partial charge in [0.2, 0.25) is 5.91 Å². The van der Waals surface area contributed by atoms with Crippen molar-refractivity contribution in [2.24, 2.45) is 13.0 Å². The van der Waals surface area contributed by atoms with Crippen molar-refractivity contribution in [3.05, 3.63) is 106 Å². The van der Waals surface area contributed by atoms with E-state index in [1.54, 1.807) is 17.9 Å². The monoisotopic (exact) mass is 590 g/mol. The van der Waals surface area contributed by atoms with Crippen LogP contribution in [0.4, 0.5) is 0 Å². The molecule has 10 heteroatoms. The number of aliphatic hydroxyl groups excluding tert-OH is 1. The number of hydrogen-bond acceptors (Lipinski definition) is 7. The van der Waals surface area contributed by atoms with Crippen LogP contribution in [-0.4, -0.2) is 44.1 Å². The van der Waals surface area contributed by atoms with Crippen LogP contribution in [0.15, 0.2) is 83.7 Å². The Morgan fingerprint density at radius 2 is 1.90 bits per heavy atom. The first-order valence-corrected chi connectivity index (χ1v) is 13.3. The molecule has 200 valence electrons. The predicted octanol–water partition coefficient (Wildman–Crippen LogP) is 3.15. The Labute approximate surface area is 233 Å². The molecule has 39 heavy (non-hydrogen) atoms. The Bertz CT molecular complexity index is 1530. The average Bonchev–Trinajstić information content (AvgIpc) is 3.55. The van der Waals surface area contributed by atoms with Gasteiger partial charge in [0, 0.05) is 23.6 Å². The van der Waals surface area contributed by atoms with Gasteiger partial charge in [0.1, 0.15) is 17.6 Å². The summed E-state index contributed by atoms with van der Waals surface area (Å²) < 4.78 is 14.8. The van der Waals surface area contributed by atoms with Crippen molar-refractivity contribution in [3.63, 3.8) is 0 Å². The highest BCUT2D eigenvalue weighted by molar-refractivity contribution is 9.10. The number of benzene rings is 2. The molecule has 0 radical (unpaired) electrons. The van der Waals surface area contributed by atoms with Crippen LogP contribution in [0, 0.1) is 5.92 Å². The van der Waals surface area contributed by atoms with Gasteiger partial charge in [-0.1, -0.05) is 58.4 Å². The van der Waals surface area contributed by atoms with Crippen LogP contribution in [0.2, 0.25) is 0 Å². The molecule has 3 heterocycles. The molecule has 2 aromatic carbocycles. The number of halogens is 1. The van der Waals surface area contributed by atoms with Gasteiger partial charge < -0.3 is 25.0 Å². The number of methoxy groups -OCH3 is 1. The highest BCUT2D eigenvalue weighted by atomic mass is 79.9. The number of aliphatic hydroxyl groups is 2. The molecule has 9 nitrogen and oxygen atoms in total. The second kappa shape index (κ2) is 9.48. The number of carbonyl (C=O) groups is 1. The summed E-state index contributed by atoms with van der Waals surface area (Å²) in [6.45, 7) is 0.203. The first-order valence-electron chi connectivity index (χ1n) is 12.5. The summed E-state index contributed by atoms with van der Waals surface area (Å²) >= 11 is 3.49. The fourth-order valence-electron chi connectivity index (χ4n) is 6.25. The van der Waals surface area contributed by atoms with E-state index >= 15 is 0 Å². The summed E-state index contributed by atoms with van der Waals surface area (Å²) in [5.74, 6) is -1.75. The van der Waals surface area contributed by atoms with Crippen LogP contribution in [0.25, 0.3) is 0 Å². The van der Waals surface area contributed by atoms with Crippen LogP contribution in [-0.2, 0) is 29.6 Å². The Kier molecular flexibility index (Phi) is 6.21. The van der Waals surface area contributed by atoms with Gasteiger partial charge in [0.25, 0.3) is 0 Å². The van der Waals surface area contributed by atoms with Gasteiger partial charge >= 0.3 is 0 Å². The molecule has 2 aromatic heterocycles. The van der Waals surface area contributed by atoms with E-state index in [1.165, 1.54) is 19.5 Å². The summed E-state index contributed by atoms with van der Waals surface area (Å²) in [7, 11) is 3.26. The number of aromatic nitrogens is 3. The van der Waals surface area contributed by atoms with E-state index in [2.05, 4.69) is 31.3 Å². The van der Waals surface area contributed by atoms with Gasteiger partial charge in [-0.05, 0) is 29.3 Å². The molecule has 0 saturated heterocycles. The zero-order valence-electron chi connectivity index (χ0n) is 21.3. The minimum absolute atomic E-state index is 0.203. The lowest BCUT2D eigenvalue weighted by molar-refractivity contribution is -0.154. The minimum Gasteiger partial charge on any atom is -0.495 e. The molecule has 3 N–H and O–H groups in total. The van der Waals surface area contributed by atoms with Gasteiger partial charge in [-0.25, -0.2) is 0 Å². The number of nitrogens with zero attached hydrogens (tertiary/aromatic N) is 3. The lowest BCUT2D eigenvalue weighted by atomic mass is 9.70. The maximum atomic E-state index is 14.0. The molecule has 0 bridgehead atoms. The quantitative estimate of drug-likeness (QED) is 0.315. The lowest BCUT2D eigenvalue weighted by Gasteiger charge is -2.40. The number of rotatable bonds is 6. The minimum atomic E-state index is -2.06. The molecular formula is C29H27BrN4O5. The number of carbonyl (C=O) groups excluding carboxylic acids is 1. The van der Waals surface area contributed by atoms with Crippen molar-refractivity contribution < 1.29 is 24.5 Å². The number of ether oxygens (including phenoxy) is 2. The summed E-state index contributed by atoms with van der Waals surface area (Å²) in [6, 6.07) is 18.5. The van der Waals surface area contributed by atoms with Gasteiger partial charge in [0.05, 0.1) is 43.2 Å². The summed E-state index contributed by atoms with van der Waals surface area (Å²) in [5.41, 5.74) is -1.25. The zero-order valence-corrected chi connectivity index (χ0v) is 22.9. The smallest absolute Gasteiger partial charge is 0.226 e. The normalized spacial score (nSPS) is 26.9. The second-order valence-electron chi connectivity index (χ2n) is 9.85. The molecule has 5 atom stereocenters. The number of nitrogens with one attached hydrogen (secondary N) is 1. The van der Waals surface area contributed by atoms with Crippen LogP contribution in [0.5, 0.6) is 11.5 Å². The number of hydrogen-bond donors (Lipinski definition) is 3.